The van der Waals surface area contributed by atoms with E-state index in [1.54, 1.807) is 6.92 Å². The van der Waals surface area contributed by atoms with Gasteiger partial charge in [-0.3, -0.25) is 4.99 Å². The van der Waals surface area contributed by atoms with Crippen LogP contribution in [0, 0.1) is 11.3 Å². The number of aliphatic imine (C=N–C) groups is 1. The summed E-state index contributed by atoms with van der Waals surface area (Å²) < 4.78 is 36.5. The molecule has 0 aromatic carbocycles. The van der Waals surface area contributed by atoms with E-state index in [2.05, 4.69) is 4.99 Å². The van der Waals surface area contributed by atoms with Gasteiger partial charge in [0.1, 0.15) is 0 Å². The van der Waals surface area contributed by atoms with Crippen LogP contribution in [0.4, 0.5) is 13.2 Å². The van der Waals surface area contributed by atoms with Crippen molar-refractivity contribution in [2.45, 2.75) is 31.5 Å². The summed E-state index contributed by atoms with van der Waals surface area (Å²) in [5.74, 6) is 0. The Hall–Kier alpha value is -1.31. The van der Waals surface area contributed by atoms with Gasteiger partial charge in [0.25, 0.3) is 0 Å². The molecule has 0 fully saturated rings. The van der Waals surface area contributed by atoms with E-state index in [0.717, 1.165) is 12.3 Å². The molecule has 0 aliphatic carbocycles. The van der Waals surface area contributed by atoms with Crippen LogP contribution in [0.25, 0.3) is 0 Å². The molecule has 76 valence electrons. The van der Waals surface area contributed by atoms with Crippen molar-refractivity contribution in [3.05, 3.63) is 11.6 Å². The van der Waals surface area contributed by atoms with Gasteiger partial charge >= 0.3 is 6.18 Å². The first kappa shape index (κ1) is 10.8. The van der Waals surface area contributed by atoms with Gasteiger partial charge in [0.05, 0.1) is 23.6 Å². The molecular formula is C9H9F3N2. The highest BCUT2D eigenvalue weighted by Gasteiger charge is 2.36. The fraction of sp³-hybridized carbons (Fsp3) is 0.556. The van der Waals surface area contributed by atoms with Crippen LogP contribution in [-0.2, 0) is 0 Å². The van der Waals surface area contributed by atoms with Gasteiger partial charge < -0.3 is 0 Å². The highest BCUT2D eigenvalue weighted by Crippen LogP contribution is 2.31. The minimum absolute atomic E-state index is 0.130. The van der Waals surface area contributed by atoms with Crippen LogP contribution in [-0.4, -0.2) is 17.9 Å². The fourth-order valence-corrected chi connectivity index (χ4v) is 1.14. The molecule has 0 spiro atoms. The molecule has 0 bridgehead atoms. The highest BCUT2D eigenvalue weighted by molar-refractivity contribution is 5.81. The topological polar surface area (TPSA) is 36.1 Å². The predicted octanol–water partition coefficient (Wildman–Crippen LogP) is 2.62. The number of hydrogen-bond donors (Lipinski definition) is 0. The van der Waals surface area contributed by atoms with E-state index in [0.29, 0.717) is 0 Å². The van der Waals surface area contributed by atoms with Crippen LogP contribution in [0.3, 0.4) is 0 Å². The summed E-state index contributed by atoms with van der Waals surface area (Å²) in [5, 5.41) is 8.44. The third-order valence-electron chi connectivity index (χ3n) is 2.06. The van der Waals surface area contributed by atoms with Crippen molar-refractivity contribution in [1.29, 1.82) is 5.26 Å². The first-order chi connectivity index (χ1) is 6.37. The number of nitriles is 1. The fourth-order valence-electron chi connectivity index (χ4n) is 1.14. The zero-order valence-corrected chi connectivity index (χ0v) is 7.60. The van der Waals surface area contributed by atoms with E-state index >= 15 is 0 Å². The average Bonchev–Trinajstić information content (AvgIpc) is 2.03. The number of allylic oxidation sites excluding steroid dienone is 1. The Balaban J connectivity index is 2.77. The molecule has 2 nitrogen and oxygen atoms in total. The summed E-state index contributed by atoms with van der Waals surface area (Å²) in [6.45, 7) is 1.66. The Labute approximate surface area is 79.7 Å². The molecule has 14 heavy (non-hydrogen) atoms. The van der Waals surface area contributed by atoms with Gasteiger partial charge in [0, 0.05) is 6.21 Å². The molecule has 0 saturated heterocycles. The highest BCUT2D eigenvalue weighted by atomic mass is 19.4. The van der Waals surface area contributed by atoms with Gasteiger partial charge in [-0.15, -0.1) is 0 Å². The lowest BCUT2D eigenvalue weighted by Crippen LogP contribution is -2.26. The maximum atomic E-state index is 12.2. The molecule has 0 N–H and O–H groups in total. The first-order valence-electron chi connectivity index (χ1n) is 4.07. The Morgan fingerprint density at radius 1 is 1.64 bits per heavy atom. The van der Waals surface area contributed by atoms with E-state index in [1.807, 2.05) is 6.07 Å². The van der Waals surface area contributed by atoms with Gasteiger partial charge in [-0.05, 0) is 13.3 Å². The van der Waals surface area contributed by atoms with Crippen molar-refractivity contribution in [1.82, 2.24) is 0 Å². The van der Waals surface area contributed by atoms with Crippen LogP contribution >= 0.6 is 0 Å². The molecule has 0 saturated carbocycles. The smallest absolute Gasteiger partial charge is 0.285 e. The zero-order valence-electron chi connectivity index (χ0n) is 7.60. The maximum absolute atomic E-state index is 12.2. The molecule has 0 radical (unpaired) electrons. The van der Waals surface area contributed by atoms with Crippen LogP contribution < -0.4 is 0 Å². The summed E-state index contributed by atoms with van der Waals surface area (Å²) in [4.78, 5) is 3.76. The Kier molecular flexibility index (Phi) is 2.65. The molecular weight excluding hydrogens is 193 g/mol. The average molecular weight is 202 g/mol. The second kappa shape index (κ2) is 3.45. The third-order valence-corrected chi connectivity index (χ3v) is 2.06. The quantitative estimate of drug-likeness (QED) is 0.643. The van der Waals surface area contributed by atoms with Gasteiger partial charge in [-0.2, -0.15) is 18.4 Å². The maximum Gasteiger partial charge on any atom is 0.417 e. The monoisotopic (exact) mass is 202 g/mol. The first-order valence-corrected chi connectivity index (χ1v) is 4.07. The molecule has 1 aliphatic rings. The van der Waals surface area contributed by atoms with Crippen LogP contribution in [0.1, 0.15) is 19.8 Å². The van der Waals surface area contributed by atoms with Crippen molar-refractivity contribution in [3.8, 4) is 6.07 Å². The number of dihydropyridines is 1. The van der Waals surface area contributed by atoms with Crippen LogP contribution in [0.15, 0.2) is 16.6 Å². The lowest BCUT2D eigenvalue weighted by Gasteiger charge is -2.24. The van der Waals surface area contributed by atoms with Crippen molar-refractivity contribution < 1.29 is 13.2 Å². The molecule has 5 heteroatoms. The molecule has 0 aromatic heterocycles. The lowest BCUT2D eigenvalue weighted by atomic mass is 9.91. The minimum Gasteiger partial charge on any atom is -0.285 e. The normalized spacial score (nSPS) is 26.9. The standard InChI is InChI=1S/C9H9F3N2/c1-8(4-5-13)3-2-7(6-14-8)9(10,11)12/h2,6H,3-4H2,1H3. The Morgan fingerprint density at radius 2 is 2.29 bits per heavy atom. The SMILES string of the molecule is CC1(CC#N)CC=C(C(F)(F)F)C=N1. The van der Waals surface area contributed by atoms with E-state index in [1.165, 1.54) is 0 Å². The van der Waals surface area contributed by atoms with Gasteiger partial charge in [0.15, 0.2) is 0 Å². The van der Waals surface area contributed by atoms with Gasteiger partial charge in [-0.25, -0.2) is 0 Å². The van der Waals surface area contributed by atoms with Crippen molar-refractivity contribution >= 4 is 6.21 Å². The molecule has 1 aliphatic heterocycles. The molecule has 1 atom stereocenters. The summed E-state index contributed by atoms with van der Waals surface area (Å²) in [7, 11) is 0. The molecule has 0 amide bonds. The van der Waals surface area contributed by atoms with Crippen LogP contribution in [0.2, 0.25) is 0 Å². The number of hydrogen-bond acceptors (Lipinski definition) is 2. The molecule has 1 heterocycles. The third kappa shape index (κ3) is 2.34. The summed E-state index contributed by atoms with van der Waals surface area (Å²) in [6, 6.07) is 1.91. The minimum atomic E-state index is -4.34. The second-order valence-electron chi connectivity index (χ2n) is 3.45. The molecule has 1 rings (SSSR count). The van der Waals surface area contributed by atoms with Gasteiger partial charge in [0.2, 0.25) is 0 Å². The largest absolute Gasteiger partial charge is 0.417 e. The second-order valence-corrected chi connectivity index (χ2v) is 3.45. The summed E-state index contributed by atoms with van der Waals surface area (Å²) in [6.07, 6.45) is -2.15. The van der Waals surface area contributed by atoms with E-state index in [9.17, 15) is 13.2 Å². The van der Waals surface area contributed by atoms with E-state index < -0.39 is 17.3 Å². The summed E-state index contributed by atoms with van der Waals surface area (Å²) in [5.41, 5.74) is -1.42. The lowest BCUT2D eigenvalue weighted by molar-refractivity contribution is -0.0861. The molecule has 0 aromatic rings. The number of rotatable bonds is 1. The number of alkyl halides is 3. The number of nitrogens with zero attached hydrogens (tertiary/aromatic N) is 2. The van der Waals surface area contributed by atoms with E-state index in [4.69, 9.17) is 5.26 Å². The summed E-state index contributed by atoms with van der Waals surface area (Å²) >= 11 is 0. The van der Waals surface area contributed by atoms with Crippen molar-refractivity contribution in [2.24, 2.45) is 4.99 Å². The van der Waals surface area contributed by atoms with Gasteiger partial charge in [-0.1, -0.05) is 6.08 Å². The number of halogens is 3. The Bertz CT molecular complexity index is 322. The predicted molar refractivity (Wildman–Crippen MR) is 45.9 cm³/mol. The van der Waals surface area contributed by atoms with Crippen molar-refractivity contribution in [2.75, 3.05) is 0 Å². The van der Waals surface area contributed by atoms with Crippen LogP contribution in [0.5, 0.6) is 0 Å². The molecule has 1 unspecified atom stereocenters. The van der Waals surface area contributed by atoms with Crippen molar-refractivity contribution in [3.63, 3.8) is 0 Å². The zero-order chi connectivity index (χ0) is 10.8. The Morgan fingerprint density at radius 3 is 2.64 bits per heavy atom. The van der Waals surface area contributed by atoms with E-state index in [-0.39, 0.29) is 12.8 Å².